The van der Waals surface area contributed by atoms with Crippen LogP contribution in [0.4, 0.5) is 4.39 Å². The molecule has 0 aliphatic rings. The van der Waals surface area contributed by atoms with Crippen molar-refractivity contribution in [3.8, 4) is 0 Å². The lowest BCUT2D eigenvalue weighted by atomic mass is 10.0. The molecule has 0 saturated carbocycles. The van der Waals surface area contributed by atoms with Gasteiger partial charge in [-0.25, -0.2) is 4.39 Å². The number of halogens is 3. The summed E-state index contributed by atoms with van der Waals surface area (Å²) < 4.78 is 14.7. The first kappa shape index (κ1) is 13.4. The quantitative estimate of drug-likeness (QED) is 0.687. The van der Waals surface area contributed by atoms with Crippen LogP contribution in [0.2, 0.25) is 0 Å². The number of aryl methyl sites for hydroxylation is 1. The van der Waals surface area contributed by atoms with Crippen LogP contribution in [0, 0.1) is 12.7 Å². The van der Waals surface area contributed by atoms with E-state index < -0.39 is 5.82 Å². The predicted molar refractivity (Wildman–Crippen MR) is 76.4 cm³/mol. The zero-order valence-corrected chi connectivity index (χ0v) is 12.7. The van der Waals surface area contributed by atoms with Gasteiger partial charge in [-0.15, -0.1) is 0 Å². The van der Waals surface area contributed by atoms with Crippen molar-refractivity contribution in [1.82, 2.24) is 0 Å². The summed E-state index contributed by atoms with van der Waals surface area (Å²) in [6.07, 6.45) is 0. The number of hydrogen-bond acceptors (Lipinski definition) is 1. The van der Waals surface area contributed by atoms with Gasteiger partial charge >= 0.3 is 0 Å². The third-order valence-corrected chi connectivity index (χ3v) is 4.09. The van der Waals surface area contributed by atoms with E-state index in [1.54, 1.807) is 12.1 Å². The molecule has 92 valence electrons. The van der Waals surface area contributed by atoms with Gasteiger partial charge in [-0.2, -0.15) is 0 Å². The van der Waals surface area contributed by atoms with E-state index in [0.29, 0.717) is 15.6 Å². The first-order valence-electron chi connectivity index (χ1n) is 5.25. The van der Waals surface area contributed by atoms with E-state index in [1.165, 1.54) is 18.2 Å². The lowest BCUT2D eigenvalue weighted by Gasteiger charge is -2.07. The fraction of sp³-hybridized carbons (Fsp3) is 0.0714. The largest absolute Gasteiger partial charge is 0.289 e. The highest BCUT2D eigenvalue weighted by Crippen LogP contribution is 2.27. The fourth-order valence-corrected chi connectivity index (χ4v) is 2.59. The van der Waals surface area contributed by atoms with Crippen molar-refractivity contribution in [3.05, 3.63) is 67.9 Å². The zero-order chi connectivity index (χ0) is 13.3. The topological polar surface area (TPSA) is 17.1 Å². The van der Waals surface area contributed by atoms with E-state index in [1.807, 2.05) is 13.0 Å². The number of hydrogen-bond donors (Lipinski definition) is 0. The van der Waals surface area contributed by atoms with Crippen molar-refractivity contribution in [1.29, 1.82) is 0 Å². The van der Waals surface area contributed by atoms with E-state index in [-0.39, 0.29) is 5.78 Å². The van der Waals surface area contributed by atoms with Gasteiger partial charge in [0.15, 0.2) is 5.78 Å². The van der Waals surface area contributed by atoms with Gasteiger partial charge in [-0.05, 0) is 36.8 Å². The minimum Gasteiger partial charge on any atom is -0.289 e. The Morgan fingerprint density at radius 3 is 2.50 bits per heavy atom. The summed E-state index contributed by atoms with van der Waals surface area (Å²) in [5.41, 5.74) is 1.88. The molecule has 0 amide bonds. The number of ketones is 1. The summed E-state index contributed by atoms with van der Waals surface area (Å²) in [5, 5.41) is 0. The lowest BCUT2D eigenvalue weighted by Crippen LogP contribution is -2.03. The summed E-state index contributed by atoms with van der Waals surface area (Å²) >= 11 is 6.75. The first-order chi connectivity index (χ1) is 8.49. The van der Waals surface area contributed by atoms with E-state index in [0.717, 1.165) is 10.0 Å². The van der Waals surface area contributed by atoms with E-state index in [4.69, 9.17) is 0 Å². The van der Waals surface area contributed by atoms with E-state index >= 15 is 0 Å². The number of rotatable bonds is 2. The highest BCUT2D eigenvalue weighted by molar-refractivity contribution is 9.11. The maximum atomic E-state index is 13.1. The molecule has 2 aromatic carbocycles. The zero-order valence-electron chi connectivity index (χ0n) is 9.51. The molecule has 0 aliphatic carbocycles. The molecule has 0 bridgehead atoms. The van der Waals surface area contributed by atoms with Gasteiger partial charge in [0.25, 0.3) is 0 Å². The molecular formula is C14H9Br2FO. The Balaban J connectivity index is 2.49. The summed E-state index contributed by atoms with van der Waals surface area (Å²) in [4.78, 5) is 12.3. The molecule has 0 saturated heterocycles. The number of benzene rings is 2. The Morgan fingerprint density at radius 1 is 1.11 bits per heavy atom. The van der Waals surface area contributed by atoms with Crippen LogP contribution >= 0.6 is 31.9 Å². The maximum Gasteiger partial charge on any atom is 0.194 e. The summed E-state index contributed by atoms with van der Waals surface area (Å²) in [5.74, 6) is -0.620. The van der Waals surface area contributed by atoms with Crippen LogP contribution in [0.3, 0.4) is 0 Å². The van der Waals surface area contributed by atoms with Crippen LogP contribution in [-0.2, 0) is 0 Å². The van der Waals surface area contributed by atoms with Gasteiger partial charge in [0.1, 0.15) is 5.82 Å². The van der Waals surface area contributed by atoms with Crippen LogP contribution in [0.15, 0.2) is 45.3 Å². The standard InChI is InChI=1S/C14H9Br2FO/c1-8-5-13(16)11(7-12(8)15)14(18)9-3-2-4-10(17)6-9/h2-7H,1H3. The van der Waals surface area contributed by atoms with Crippen molar-refractivity contribution in [2.75, 3.05) is 0 Å². The second kappa shape index (κ2) is 5.33. The van der Waals surface area contributed by atoms with E-state index in [9.17, 15) is 9.18 Å². The molecule has 1 nitrogen and oxygen atoms in total. The molecule has 0 unspecified atom stereocenters. The van der Waals surface area contributed by atoms with Gasteiger partial charge in [-0.3, -0.25) is 4.79 Å². The van der Waals surface area contributed by atoms with Crippen LogP contribution in [0.5, 0.6) is 0 Å². The van der Waals surface area contributed by atoms with Crippen molar-refractivity contribution >= 4 is 37.6 Å². The Labute approximate surface area is 121 Å². The average molecular weight is 372 g/mol. The van der Waals surface area contributed by atoms with Crippen molar-refractivity contribution in [2.45, 2.75) is 6.92 Å². The SMILES string of the molecule is Cc1cc(Br)c(C(=O)c2cccc(F)c2)cc1Br. The molecule has 18 heavy (non-hydrogen) atoms. The molecule has 0 atom stereocenters. The van der Waals surface area contributed by atoms with Crippen molar-refractivity contribution in [2.24, 2.45) is 0 Å². The molecular weight excluding hydrogens is 363 g/mol. The molecule has 2 rings (SSSR count). The van der Waals surface area contributed by atoms with Crippen molar-refractivity contribution in [3.63, 3.8) is 0 Å². The molecule has 0 spiro atoms. The molecule has 4 heteroatoms. The molecule has 0 radical (unpaired) electrons. The van der Waals surface area contributed by atoms with Crippen LogP contribution < -0.4 is 0 Å². The van der Waals surface area contributed by atoms with Crippen LogP contribution in [0.25, 0.3) is 0 Å². The molecule has 0 N–H and O–H groups in total. The van der Waals surface area contributed by atoms with Gasteiger partial charge in [0.05, 0.1) is 0 Å². The Morgan fingerprint density at radius 2 is 1.83 bits per heavy atom. The highest BCUT2D eigenvalue weighted by Gasteiger charge is 2.14. The Bertz CT molecular complexity index is 623. The molecule has 0 aliphatic heterocycles. The number of carbonyl (C=O) groups excluding carboxylic acids is 1. The maximum absolute atomic E-state index is 13.1. The van der Waals surface area contributed by atoms with Crippen molar-refractivity contribution < 1.29 is 9.18 Å². The minimum atomic E-state index is -0.414. The summed E-state index contributed by atoms with van der Waals surface area (Å²) in [6, 6.07) is 9.29. The van der Waals surface area contributed by atoms with Gasteiger partial charge in [-0.1, -0.05) is 44.0 Å². The number of carbonyl (C=O) groups is 1. The monoisotopic (exact) mass is 370 g/mol. The van der Waals surface area contributed by atoms with Gasteiger partial charge in [0.2, 0.25) is 0 Å². The third-order valence-electron chi connectivity index (χ3n) is 2.58. The van der Waals surface area contributed by atoms with Crippen LogP contribution in [-0.4, -0.2) is 5.78 Å². The Hall–Kier alpha value is -1.00. The first-order valence-corrected chi connectivity index (χ1v) is 6.83. The Kier molecular flexibility index (Phi) is 3.97. The lowest BCUT2D eigenvalue weighted by molar-refractivity contribution is 0.103. The second-order valence-corrected chi connectivity index (χ2v) is 5.63. The molecule has 0 fully saturated rings. The third kappa shape index (κ3) is 2.70. The normalized spacial score (nSPS) is 10.4. The molecule has 2 aromatic rings. The van der Waals surface area contributed by atoms with E-state index in [2.05, 4.69) is 31.9 Å². The molecule has 0 aromatic heterocycles. The molecule has 0 heterocycles. The summed E-state index contributed by atoms with van der Waals surface area (Å²) in [7, 11) is 0. The average Bonchev–Trinajstić information content (AvgIpc) is 2.33. The van der Waals surface area contributed by atoms with Crippen LogP contribution in [0.1, 0.15) is 21.5 Å². The highest BCUT2D eigenvalue weighted by atomic mass is 79.9. The smallest absolute Gasteiger partial charge is 0.194 e. The van der Waals surface area contributed by atoms with Gasteiger partial charge in [0, 0.05) is 20.1 Å². The second-order valence-electron chi connectivity index (χ2n) is 3.92. The predicted octanol–water partition coefficient (Wildman–Crippen LogP) is 4.89. The van der Waals surface area contributed by atoms with Gasteiger partial charge < -0.3 is 0 Å². The fourth-order valence-electron chi connectivity index (χ4n) is 1.61. The minimum absolute atomic E-state index is 0.206. The summed E-state index contributed by atoms with van der Waals surface area (Å²) in [6.45, 7) is 1.94.